The molecule has 10 nitrogen and oxygen atoms in total. The lowest BCUT2D eigenvalue weighted by atomic mass is 10.0. The number of carbonyl (C=O) groups excluding carboxylic acids is 1. The van der Waals surface area contributed by atoms with E-state index in [9.17, 15) is 18.0 Å². The minimum absolute atomic E-state index is 0.0822. The van der Waals surface area contributed by atoms with Crippen molar-refractivity contribution < 1.29 is 17.9 Å². The molecule has 1 N–H and O–H groups in total. The fourth-order valence-electron chi connectivity index (χ4n) is 4.35. The molecule has 1 amide bonds. The number of sulfonamides is 1. The Kier molecular flexibility index (Phi) is 7.97. The number of hydrogen-bond donors (Lipinski definition) is 1. The van der Waals surface area contributed by atoms with Gasteiger partial charge in [0.05, 0.1) is 35.3 Å². The number of piperidine rings is 1. The highest BCUT2D eigenvalue weighted by Gasteiger charge is 2.28. The quantitative estimate of drug-likeness (QED) is 0.540. The number of nitrogens with zero attached hydrogens (tertiary/aromatic N) is 4. The van der Waals surface area contributed by atoms with Crippen molar-refractivity contribution in [2.75, 3.05) is 52.5 Å². The van der Waals surface area contributed by atoms with Crippen LogP contribution in [-0.2, 0) is 26.1 Å². The molecule has 0 atom stereocenters. The SMILES string of the molecule is CC1CCN(S(=O)(=O)c2ccc3ncn(CC(=O)NCCCN4CCOCC4)c(=O)c3c2)CC1. The van der Waals surface area contributed by atoms with Gasteiger partial charge in [0.1, 0.15) is 6.54 Å². The molecule has 2 aliphatic heterocycles. The number of nitrogens with one attached hydrogen (secondary N) is 1. The number of fused-ring (bicyclic) bond motifs is 1. The van der Waals surface area contributed by atoms with Crippen molar-refractivity contribution in [3.05, 3.63) is 34.9 Å². The lowest BCUT2D eigenvalue weighted by Gasteiger charge is -2.29. The topological polar surface area (TPSA) is 114 Å². The molecule has 11 heteroatoms. The molecule has 0 radical (unpaired) electrons. The predicted molar refractivity (Wildman–Crippen MR) is 128 cm³/mol. The molecule has 0 aliphatic carbocycles. The van der Waals surface area contributed by atoms with Crippen LogP contribution in [0.5, 0.6) is 0 Å². The van der Waals surface area contributed by atoms with Crippen molar-refractivity contribution in [2.24, 2.45) is 5.92 Å². The fraction of sp³-hybridized carbons (Fsp3) is 0.609. The summed E-state index contributed by atoms with van der Waals surface area (Å²) in [6.07, 6.45) is 3.79. The molecule has 1 aromatic heterocycles. The zero-order chi connectivity index (χ0) is 24.1. The van der Waals surface area contributed by atoms with Crippen LogP contribution in [0.1, 0.15) is 26.2 Å². The zero-order valence-electron chi connectivity index (χ0n) is 19.6. The summed E-state index contributed by atoms with van der Waals surface area (Å²) < 4.78 is 34.2. The van der Waals surface area contributed by atoms with E-state index in [1.54, 1.807) is 6.07 Å². The van der Waals surface area contributed by atoms with Gasteiger partial charge in [-0.1, -0.05) is 6.92 Å². The molecule has 2 aromatic rings. The van der Waals surface area contributed by atoms with Crippen LogP contribution >= 0.6 is 0 Å². The fourth-order valence-corrected chi connectivity index (χ4v) is 5.85. The van der Waals surface area contributed by atoms with Crippen LogP contribution in [0.25, 0.3) is 10.9 Å². The number of amides is 1. The van der Waals surface area contributed by atoms with Crippen molar-refractivity contribution >= 4 is 26.8 Å². The summed E-state index contributed by atoms with van der Waals surface area (Å²) in [5.74, 6) is 0.224. The molecule has 2 saturated heterocycles. The molecule has 34 heavy (non-hydrogen) atoms. The second-order valence-corrected chi connectivity index (χ2v) is 11.0. The Morgan fingerprint density at radius 1 is 1.18 bits per heavy atom. The van der Waals surface area contributed by atoms with E-state index in [0.717, 1.165) is 52.1 Å². The van der Waals surface area contributed by atoms with Gasteiger partial charge in [-0.15, -0.1) is 0 Å². The van der Waals surface area contributed by atoms with E-state index < -0.39 is 15.6 Å². The maximum atomic E-state index is 13.1. The second kappa shape index (κ2) is 10.9. The highest BCUT2D eigenvalue weighted by molar-refractivity contribution is 7.89. The molecule has 1 aromatic carbocycles. The molecule has 186 valence electrons. The third-order valence-electron chi connectivity index (χ3n) is 6.57. The number of aromatic nitrogens is 2. The summed E-state index contributed by atoms with van der Waals surface area (Å²) in [4.78, 5) is 32.0. The smallest absolute Gasteiger partial charge is 0.261 e. The van der Waals surface area contributed by atoms with E-state index in [0.29, 0.717) is 31.1 Å². The van der Waals surface area contributed by atoms with Gasteiger partial charge in [0.2, 0.25) is 15.9 Å². The third-order valence-corrected chi connectivity index (χ3v) is 8.46. The molecule has 0 saturated carbocycles. The molecule has 0 bridgehead atoms. The number of morpholine rings is 1. The van der Waals surface area contributed by atoms with E-state index in [-0.39, 0.29) is 22.7 Å². The Balaban J connectivity index is 1.41. The first-order valence-corrected chi connectivity index (χ1v) is 13.3. The standard InChI is InChI=1S/C23H33N5O5S/c1-18-5-9-28(10-6-18)34(31,32)19-3-4-21-20(15-19)23(30)27(17-25-21)16-22(29)24-7-2-8-26-11-13-33-14-12-26/h3-4,15,17-18H,2,5-14,16H2,1H3,(H,24,29). The van der Waals surface area contributed by atoms with Gasteiger partial charge < -0.3 is 10.1 Å². The summed E-state index contributed by atoms with van der Waals surface area (Å²) in [6, 6.07) is 4.43. The van der Waals surface area contributed by atoms with Crippen molar-refractivity contribution in [2.45, 2.75) is 37.6 Å². The van der Waals surface area contributed by atoms with Gasteiger partial charge in [-0.2, -0.15) is 4.31 Å². The Morgan fingerprint density at radius 2 is 1.91 bits per heavy atom. The first-order chi connectivity index (χ1) is 16.3. The van der Waals surface area contributed by atoms with E-state index in [2.05, 4.69) is 22.1 Å². The average molecular weight is 492 g/mol. The van der Waals surface area contributed by atoms with Gasteiger partial charge in [0.15, 0.2) is 0 Å². The van der Waals surface area contributed by atoms with E-state index in [1.807, 2.05) is 0 Å². The van der Waals surface area contributed by atoms with Crippen molar-refractivity contribution in [1.82, 2.24) is 24.1 Å². The highest BCUT2D eigenvalue weighted by atomic mass is 32.2. The number of carbonyl (C=O) groups is 1. The maximum Gasteiger partial charge on any atom is 0.261 e. The van der Waals surface area contributed by atoms with Crippen LogP contribution < -0.4 is 10.9 Å². The zero-order valence-corrected chi connectivity index (χ0v) is 20.4. The molecule has 3 heterocycles. The highest BCUT2D eigenvalue weighted by Crippen LogP contribution is 2.24. The van der Waals surface area contributed by atoms with Crippen LogP contribution in [0.2, 0.25) is 0 Å². The van der Waals surface area contributed by atoms with Gasteiger partial charge in [-0.05, 0) is 49.9 Å². The number of hydrogen-bond acceptors (Lipinski definition) is 7. The van der Waals surface area contributed by atoms with E-state index in [1.165, 1.54) is 27.3 Å². The molecular formula is C23H33N5O5S. The Bertz CT molecular complexity index is 1170. The summed E-state index contributed by atoms with van der Waals surface area (Å²) >= 11 is 0. The largest absolute Gasteiger partial charge is 0.379 e. The summed E-state index contributed by atoms with van der Waals surface area (Å²) in [5, 5.41) is 3.03. The Morgan fingerprint density at radius 3 is 2.65 bits per heavy atom. The summed E-state index contributed by atoms with van der Waals surface area (Å²) in [6.45, 7) is 7.59. The van der Waals surface area contributed by atoms with Crippen LogP contribution in [0.3, 0.4) is 0 Å². The predicted octanol–water partition coefficient (Wildman–Crippen LogP) is 0.656. The van der Waals surface area contributed by atoms with Crippen LogP contribution in [0, 0.1) is 5.92 Å². The number of rotatable bonds is 8. The van der Waals surface area contributed by atoms with Crippen LogP contribution in [0.4, 0.5) is 0 Å². The molecule has 2 fully saturated rings. The third kappa shape index (κ3) is 5.83. The van der Waals surface area contributed by atoms with Gasteiger partial charge in [-0.3, -0.25) is 19.1 Å². The average Bonchev–Trinajstić information content (AvgIpc) is 2.84. The molecule has 2 aliphatic rings. The van der Waals surface area contributed by atoms with E-state index in [4.69, 9.17) is 4.74 Å². The molecule has 4 rings (SSSR count). The van der Waals surface area contributed by atoms with Gasteiger partial charge in [0.25, 0.3) is 5.56 Å². The van der Waals surface area contributed by atoms with E-state index >= 15 is 0 Å². The lowest BCUT2D eigenvalue weighted by molar-refractivity contribution is -0.121. The molecular weight excluding hydrogens is 458 g/mol. The van der Waals surface area contributed by atoms with Crippen molar-refractivity contribution in [3.63, 3.8) is 0 Å². The number of benzene rings is 1. The minimum atomic E-state index is -3.69. The second-order valence-electron chi connectivity index (χ2n) is 9.10. The lowest BCUT2D eigenvalue weighted by Crippen LogP contribution is -2.38. The van der Waals surface area contributed by atoms with Crippen LogP contribution in [-0.4, -0.2) is 85.6 Å². The summed E-state index contributed by atoms with van der Waals surface area (Å²) in [5.41, 5.74) is -0.0313. The van der Waals surface area contributed by atoms with Gasteiger partial charge in [0, 0.05) is 32.7 Å². The Hall–Kier alpha value is -2.34. The monoisotopic (exact) mass is 491 g/mol. The normalized spacial score (nSPS) is 18.9. The van der Waals surface area contributed by atoms with Crippen LogP contribution in [0.15, 0.2) is 34.2 Å². The Labute approximate surface area is 199 Å². The van der Waals surface area contributed by atoms with Crippen molar-refractivity contribution in [1.29, 1.82) is 0 Å². The number of ether oxygens (including phenoxy) is 1. The first kappa shape index (κ1) is 24.8. The van der Waals surface area contributed by atoms with Crippen molar-refractivity contribution in [3.8, 4) is 0 Å². The maximum absolute atomic E-state index is 13.1. The van der Waals surface area contributed by atoms with Gasteiger partial charge >= 0.3 is 0 Å². The molecule has 0 spiro atoms. The summed E-state index contributed by atoms with van der Waals surface area (Å²) in [7, 11) is -3.69. The minimum Gasteiger partial charge on any atom is -0.379 e. The molecule has 0 unspecified atom stereocenters. The van der Waals surface area contributed by atoms with Gasteiger partial charge in [-0.25, -0.2) is 13.4 Å². The first-order valence-electron chi connectivity index (χ1n) is 11.9.